The molecule has 2 N–H and O–H groups in total. The summed E-state index contributed by atoms with van der Waals surface area (Å²) >= 11 is 4.73. The summed E-state index contributed by atoms with van der Waals surface area (Å²) in [5.41, 5.74) is 7.99. The van der Waals surface area contributed by atoms with Gasteiger partial charge in [0.25, 0.3) is 0 Å². The minimum absolute atomic E-state index is 0.172. The number of esters is 1. The Morgan fingerprint density at radius 2 is 2.22 bits per heavy atom. The number of carbonyl (C=O) groups is 1. The number of hydrogen-bond donors (Lipinski definition) is 1. The van der Waals surface area contributed by atoms with E-state index in [1.165, 1.54) is 18.4 Å². The predicted octanol–water partition coefficient (Wildman–Crippen LogP) is 3.25. The van der Waals surface area contributed by atoms with E-state index < -0.39 is 5.97 Å². The van der Waals surface area contributed by atoms with Crippen LogP contribution >= 0.6 is 27.3 Å². The van der Waals surface area contributed by atoms with Crippen molar-refractivity contribution in [3.63, 3.8) is 0 Å². The Balaban J connectivity index is 2.52. The number of methoxy groups -OCH3 is 1. The largest absolute Gasteiger partial charge is 0.464 e. The lowest BCUT2D eigenvalue weighted by atomic mass is 10.1. The van der Waals surface area contributed by atoms with Crippen LogP contribution in [0.15, 0.2) is 22.7 Å². The molecular weight excluding hydrogens is 316 g/mol. The first-order chi connectivity index (χ1) is 8.52. The molecule has 0 aliphatic rings. The van der Waals surface area contributed by atoms with Crippen molar-refractivity contribution in [2.24, 2.45) is 0 Å². The molecule has 6 heteroatoms. The maximum Gasteiger partial charge on any atom is 0.359 e. The normalized spacial score (nSPS) is 10.4. The van der Waals surface area contributed by atoms with Crippen LogP contribution in [0.2, 0.25) is 0 Å². The lowest BCUT2D eigenvalue weighted by Crippen LogP contribution is -2.04. The maximum absolute atomic E-state index is 11.5. The van der Waals surface area contributed by atoms with E-state index in [0.717, 1.165) is 15.6 Å². The molecule has 18 heavy (non-hydrogen) atoms. The van der Waals surface area contributed by atoms with E-state index in [0.29, 0.717) is 10.0 Å². The van der Waals surface area contributed by atoms with Gasteiger partial charge in [-0.2, -0.15) is 0 Å². The molecule has 0 bridgehead atoms. The van der Waals surface area contributed by atoms with Crippen LogP contribution in [0.4, 0.5) is 5.00 Å². The van der Waals surface area contributed by atoms with Crippen molar-refractivity contribution in [2.75, 3.05) is 12.8 Å². The van der Waals surface area contributed by atoms with Crippen molar-refractivity contribution in [3.8, 4) is 10.6 Å². The number of aryl methyl sites for hydroxylation is 1. The highest BCUT2D eigenvalue weighted by atomic mass is 79.9. The van der Waals surface area contributed by atoms with Crippen LogP contribution in [-0.4, -0.2) is 18.1 Å². The zero-order valence-corrected chi connectivity index (χ0v) is 12.3. The van der Waals surface area contributed by atoms with Crippen LogP contribution in [0.3, 0.4) is 0 Å². The fraction of sp³-hybridized carbons (Fsp3) is 0.167. The molecule has 1 heterocycles. The monoisotopic (exact) mass is 326 g/mol. The van der Waals surface area contributed by atoms with Crippen molar-refractivity contribution in [1.29, 1.82) is 0 Å². The summed E-state index contributed by atoms with van der Waals surface area (Å²) in [6.45, 7) is 1.99. The Morgan fingerprint density at radius 1 is 1.50 bits per heavy atom. The first-order valence-electron chi connectivity index (χ1n) is 5.14. The van der Waals surface area contributed by atoms with Crippen molar-refractivity contribution < 1.29 is 9.53 Å². The smallest absolute Gasteiger partial charge is 0.359 e. The fourth-order valence-electron chi connectivity index (χ4n) is 1.49. The van der Waals surface area contributed by atoms with Gasteiger partial charge in [0.2, 0.25) is 0 Å². The van der Waals surface area contributed by atoms with E-state index in [1.54, 1.807) is 0 Å². The van der Waals surface area contributed by atoms with Crippen molar-refractivity contribution in [3.05, 3.63) is 33.9 Å². The van der Waals surface area contributed by atoms with Crippen molar-refractivity contribution in [2.45, 2.75) is 6.92 Å². The van der Waals surface area contributed by atoms with E-state index >= 15 is 0 Å². The molecule has 0 radical (unpaired) electrons. The van der Waals surface area contributed by atoms with Crippen LogP contribution < -0.4 is 5.73 Å². The van der Waals surface area contributed by atoms with Gasteiger partial charge in [0.05, 0.1) is 7.11 Å². The number of ether oxygens (including phenoxy) is 1. The number of rotatable bonds is 2. The molecule has 0 aliphatic heterocycles. The van der Waals surface area contributed by atoms with Crippen molar-refractivity contribution in [1.82, 2.24) is 4.98 Å². The number of carbonyl (C=O) groups excluding carboxylic acids is 1. The molecule has 0 saturated heterocycles. The Kier molecular flexibility index (Phi) is 3.68. The fourth-order valence-corrected chi connectivity index (χ4v) is 2.91. The van der Waals surface area contributed by atoms with Gasteiger partial charge in [-0.05, 0) is 19.1 Å². The summed E-state index contributed by atoms with van der Waals surface area (Å²) in [6, 6.07) is 5.93. The van der Waals surface area contributed by atoms with Gasteiger partial charge in [-0.1, -0.05) is 38.9 Å². The molecule has 1 aromatic carbocycles. The van der Waals surface area contributed by atoms with E-state index in [-0.39, 0.29) is 5.69 Å². The van der Waals surface area contributed by atoms with Gasteiger partial charge in [-0.25, -0.2) is 9.78 Å². The van der Waals surface area contributed by atoms with Crippen LogP contribution in [0.1, 0.15) is 16.1 Å². The summed E-state index contributed by atoms with van der Waals surface area (Å²) in [5, 5.41) is 1.06. The second kappa shape index (κ2) is 5.07. The highest BCUT2D eigenvalue weighted by molar-refractivity contribution is 9.10. The summed E-state index contributed by atoms with van der Waals surface area (Å²) < 4.78 is 5.55. The van der Waals surface area contributed by atoms with E-state index in [9.17, 15) is 4.79 Å². The molecule has 94 valence electrons. The summed E-state index contributed by atoms with van der Waals surface area (Å²) in [6.07, 6.45) is 0. The van der Waals surface area contributed by atoms with Crippen LogP contribution in [0, 0.1) is 6.92 Å². The number of benzene rings is 1. The van der Waals surface area contributed by atoms with Gasteiger partial charge in [0.1, 0.15) is 10.0 Å². The molecule has 4 nitrogen and oxygen atoms in total. The summed E-state index contributed by atoms with van der Waals surface area (Å²) in [4.78, 5) is 15.7. The van der Waals surface area contributed by atoms with E-state index in [2.05, 4.69) is 25.7 Å². The number of halogens is 1. The number of nitrogens with zero attached hydrogens (tertiary/aromatic N) is 1. The molecule has 2 aromatic rings. The lowest BCUT2D eigenvalue weighted by Gasteiger charge is -2.01. The minimum Gasteiger partial charge on any atom is -0.464 e. The van der Waals surface area contributed by atoms with Gasteiger partial charge in [0, 0.05) is 10.0 Å². The average molecular weight is 327 g/mol. The van der Waals surface area contributed by atoms with Crippen LogP contribution in [-0.2, 0) is 4.74 Å². The molecular formula is C12H11BrN2O2S. The van der Waals surface area contributed by atoms with Gasteiger partial charge in [0.15, 0.2) is 5.69 Å². The zero-order chi connectivity index (χ0) is 13.3. The topological polar surface area (TPSA) is 65.2 Å². The quantitative estimate of drug-likeness (QED) is 0.860. The van der Waals surface area contributed by atoms with Crippen molar-refractivity contribution >= 4 is 38.2 Å². The first-order valence-corrected chi connectivity index (χ1v) is 6.75. The van der Waals surface area contributed by atoms with Gasteiger partial charge in [-0.15, -0.1) is 0 Å². The standard InChI is InChI=1S/C12H11BrN2O2S/c1-6-3-4-8(13)7(5-6)11-15-9(10(14)18-11)12(16)17-2/h3-5H,14H2,1-2H3. The maximum atomic E-state index is 11.5. The number of thiazole rings is 1. The molecule has 0 fully saturated rings. The summed E-state index contributed by atoms with van der Waals surface area (Å²) in [5.74, 6) is -0.515. The average Bonchev–Trinajstić information content (AvgIpc) is 2.73. The molecule has 0 spiro atoms. The van der Waals surface area contributed by atoms with Gasteiger partial charge < -0.3 is 10.5 Å². The summed E-state index contributed by atoms with van der Waals surface area (Å²) in [7, 11) is 1.31. The van der Waals surface area contributed by atoms with Crippen LogP contribution in [0.5, 0.6) is 0 Å². The Hall–Kier alpha value is -1.40. The molecule has 2 rings (SSSR count). The number of nitrogens with two attached hydrogens (primary N) is 1. The Labute approximate surface area is 117 Å². The second-order valence-corrected chi connectivity index (χ2v) is 5.59. The number of aromatic nitrogens is 1. The van der Waals surface area contributed by atoms with Crippen LogP contribution in [0.25, 0.3) is 10.6 Å². The zero-order valence-electron chi connectivity index (χ0n) is 9.86. The highest BCUT2D eigenvalue weighted by Crippen LogP contribution is 2.35. The first kappa shape index (κ1) is 13.0. The molecule has 0 saturated carbocycles. The third-order valence-corrected chi connectivity index (χ3v) is 3.99. The highest BCUT2D eigenvalue weighted by Gasteiger charge is 2.18. The van der Waals surface area contributed by atoms with E-state index in [1.807, 2.05) is 25.1 Å². The Bertz CT molecular complexity index is 610. The van der Waals surface area contributed by atoms with Gasteiger partial charge in [-0.3, -0.25) is 0 Å². The van der Waals surface area contributed by atoms with E-state index in [4.69, 9.17) is 5.73 Å². The lowest BCUT2D eigenvalue weighted by molar-refractivity contribution is 0.0596. The molecule has 0 aliphatic carbocycles. The Morgan fingerprint density at radius 3 is 2.89 bits per heavy atom. The molecule has 0 atom stereocenters. The number of anilines is 1. The molecule has 0 unspecified atom stereocenters. The third kappa shape index (κ3) is 2.39. The minimum atomic E-state index is -0.515. The predicted molar refractivity (Wildman–Crippen MR) is 75.7 cm³/mol. The second-order valence-electron chi connectivity index (χ2n) is 3.71. The van der Waals surface area contributed by atoms with Gasteiger partial charge >= 0.3 is 5.97 Å². The SMILES string of the molecule is COC(=O)c1nc(-c2cc(C)ccc2Br)sc1N. The third-order valence-electron chi connectivity index (χ3n) is 2.38. The molecule has 1 aromatic heterocycles. The number of hydrogen-bond acceptors (Lipinski definition) is 5. The number of nitrogen functional groups attached to an aromatic ring is 1. The molecule has 0 amide bonds.